The second kappa shape index (κ2) is 5.79. The largest absolute Gasteiger partial charge is 0.378 e. The fourth-order valence-corrected chi connectivity index (χ4v) is 2.45. The molecule has 1 atom stereocenters. The van der Waals surface area contributed by atoms with E-state index in [9.17, 15) is 9.90 Å². The number of carbonyl (C=O) groups excluding carboxylic acids is 1. The van der Waals surface area contributed by atoms with Crippen molar-refractivity contribution < 1.29 is 9.90 Å². The van der Waals surface area contributed by atoms with Crippen molar-refractivity contribution in [1.29, 1.82) is 0 Å². The van der Waals surface area contributed by atoms with E-state index >= 15 is 0 Å². The van der Waals surface area contributed by atoms with Gasteiger partial charge in [-0.1, -0.05) is 23.7 Å². The monoisotopic (exact) mass is 315 g/mol. The number of aryl methyl sites for hydroxylation is 1. The van der Waals surface area contributed by atoms with Crippen molar-refractivity contribution in [1.82, 2.24) is 10.2 Å². The second-order valence-corrected chi connectivity index (χ2v) is 5.46. The Labute approximate surface area is 131 Å². The highest BCUT2D eigenvalue weighted by atomic mass is 35.5. The van der Waals surface area contributed by atoms with Crippen molar-refractivity contribution in [2.75, 3.05) is 5.32 Å². The zero-order chi connectivity index (χ0) is 15.7. The van der Waals surface area contributed by atoms with Crippen molar-refractivity contribution >= 4 is 34.1 Å². The van der Waals surface area contributed by atoms with E-state index in [1.54, 1.807) is 36.4 Å². The van der Waals surface area contributed by atoms with Crippen LogP contribution in [0.5, 0.6) is 0 Å². The van der Waals surface area contributed by atoms with Gasteiger partial charge in [-0.25, -0.2) is 0 Å². The summed E-state index contributed by atoms with van der Waals surface area (Å²) in [5.74, 6) is -0.511. The zero-order valence-electron chi connectivity index (χ0n) is 11.8. The summed E-state index contributed by atoms with van der Waals surface area (Å²) in [5, 5.41) is 21.2. The molecule has 1 aromatic heterocycles. The summed E-state index contributed by atoms with van der Waals surface area (Å²) >= 11 is 5.87. The van der Waals surface area contributed by atoms with Crippen LogP contribution in [0.15, 0.2) is 42.5 Å². The van der Waals surface area contributed by atoms with Gasteiger partial charge >= 0.3 is 0 Å². The third kappa shape index (κ3) is 2.81. The van der Waals surface area contributed by atoms with E-state index in [1.807, 2.05) is 13.0 Å². The number of anilines is 1. The van der Waals surface area contributed by atoms with Crippen molar-refractivity contribution in [3.8, 4) is 0 Å². The SMILES string of the molecule is Cc1[nH]nc2ccc(NC(=O)[C@H](O)c3cccc(Cl)c3)cc12. The second-order valence-electron chi connectivity index (χ2n) is 5.03. The average Bonchev–Trinajstić information content (AvgIpc) is 2.87. The van der Waals surface area contributed by atoms with Gasteiger partial charge in [0.15, 0.2) is 6.10 Å². The summed E-state index contributed by atoms with van der Waals surface area (Å²) in [7, 11) is 0. The Morgan fingerprint density at radius 2 is 2.14 bits per heavy atom. The van der Waals surface area contributed by atoms with E-state index in [-0.39, 0.29) is 0 Å². The molecule has 0 fully saturated rings. The number of hydrogen-bond donors (Lipinski definition) is 3. The van der Waals surface area contributed by atoms with Gasteiger partial charge in [-0.3, -0.25) is 9.89 Å². The predicted molar refractivity (Wildman–Crippen MR) is 85.9 cm³/mol. The number of aromatic nitrogens is 2. The Morgan fingerprint density at radius 1 is 1.32 bits per heavy atom. The summed E-state index contributed by atoms with van der Waals surface area (Å²) < 4.78 is 0. The highest BCUT2D eigenvalue weighted by Crippen LogP contribution is 2.22. The molecule has 0 aliphatic heterocycles. The van der Waals surface area contributed by atoms with E-state index in [0.717, 1.165) is 16.6 Å². The Balaban J connectivity index is 1.81. The van der Waals surface area contributed by atoms with Gasteiger partial charge in [0.2, 0.25) is 0 Å². The number of amides is 1. The van der Waals surface area contributed by atoms with E-state index in [0.29, 0.717) is 16.3 Å². The van der Waals surface area contributed by atoms with Crippen LogP contribution >= 0.6 is 11.6 Å². The minimum atomic E-state index is -1.28. The number of aliphatic hydroxyl groups is 1. The number of halogens is 1. The van der Waals surface area contributed by atoms with Gasteiger partial charge < -0.3 is 10.4 Å². The summed E-state index contributed by atoms with van der Waals surface area (Å²) in [6.45, 7) is 1.90. The molecule has 0 saturated carbocycles. The molecule has 112 valence electrons. The van der Waals surface area contributed by atoms with Crippen LogP contribution < -0.4 is 5.32 Å². The number of fused-ring (bicyclic) bond motifs is 1. The Morgan fingerprint density at radius 3 is 2.91 bits per heavy atom. The molecule has 0 saturated heterocycles. The molecule has 1 amide bonds. The van der Waals surface area contributed by atoms with E-state index < -0.39 is 12.0 Å². The minimum absolute atomic E-state index is 0.450. The number of H-pyrrole nitrogens is 1. The molecule has 5 nitrogen and oxygen atoms in total. The topological polar surface area (TPSA) is 78.0 Å². The molecule has 0 spiro atoms. The van der Waals surface area contributed by atoms with Gasteiger partial charge in [-0.15, -0.1) is 0 Å². The first-order valence-electron chi connectivity index (χ1n) is 6.74. The maximum absolute atomic E-state index is 12.2. The first-order valence-corrected chi connectivity index (χ1v) is 7.11. The summed E-state index contributed by atoms with van der Waals surface area (Å²) in [5.41, 5.74) is 2.79. The molecule has 22 heavy (non-hydrogen) atoms. The van der Waals surface area contributed by atoms with E-state index in [4.69, 9.17) is 11.6 Å². The van der Waals surface area contributed by atoms with Crippen LogP contribution in [0.4, 0.5) is 5.69 Å². The first kappa shape index (κ1) is 14.6. The van der Waals surface area contributed by atoms with Crippen LogP contribution in [0.25, 0.3) is 10.9 Å². The maximum atomic E-state index is 12.2. The molecular formula is C16H14ClN3O2. The van der Waals surface area contributed by atoms with E-state index in [1.165, 1.54) is 0 Å². The lowest BCUT2D eigenvalue weighted by molar-refractivity contribution is -0.124. The number of nitrogens with one attached hydrogen (secondary N) is 2. The molecule has 0 unspecified atom stereocenters. The normalized spacial score (nSPS) is 12.3. The van der Waals surface area contributed by atoms with E-state index in [2.05, 4.69) is 15.5 Å². The molecule has 2 aromatic carbocycles. The molecule has 0 aliphatic rings. The highest BCUT2D eigenvalue weighted by Gasteiger charge is 2.18. The lowest BCUT2D eigenvalue weighted by atomic mass is 10.1. The average molecular weight is 316 g/mol. The first-order chi connectivity index (χ1) is 10.5. The van der Waals surface area contributed by atoms with Gasteiger partial charge in [0.1, 0.15) is 0 Å². The third-order valence-electron chi connectivity index (χ3n) is 3.42. The van der Waals surface area contributed by atoms with Crippen LogP contribution in [0.3, 0.4) is 0 Å². The molecular weight excluding hydrogens is 302 g/mol. The standard InChI is InChI=1S/C16H14ClN3O2/c1-9-13-8-12(5-6-14(13)20-19-9)18-16(22)15(21)10-3-2-4-11(17)7-10/h2-8,15,21H,1H3,(H,18,22)(H,19,20)/t15-/m1/s1. The van der Waals surface area contributed by atoms with Crippen LogP contribution in [-0.2, 0) is 4.79 Å². The van der Waals surface area contributed by atoms with Crippen molar-refractivity contribution in [3.63, 3.8) is 0 Å². The number of hydrogen-bond acceptors (Lipinski definition) is 3. The Bertz CT molecular complexity index is 844. The summed E-state index contributed by atoms with van der Waals surface area (Å²) in [4.78, 5) is 12.2. The Hall–Kier alpha value is -2.37. The molecule has 3 rings (SSSR count). The molecule has 0 radical (unpaired) electrons. The number of rotatable bonds is 3. The van der Waals surface area contributed by atoms with Gasteiger partial charge in [-0.2, -0.15) is 5.10 Å². The number of aliphatic hydroxyl groups excluding tert-OH is 1. The van der Waals surface area contributed by atoms with Crippen molar-refractivity contribution in [2.24, 2.45) is 0 Å². The highest BCUT2D eigenvalue weighted by molar-refractivity contribution is 6.30. The molecule has 3 N–H and O–H groups in total. The fourth-order valence-electron chi connectivity index (χ4n) is 2.25. The Kier molecular flexibility index (Phi) is 3.83. The number of aromatic amines is 1. The minimum Gasteiger partial charge on any atom is -0.378 e. The van der Waals surface area contributed by atoms with Crippen LogP contribution in [0.1, 0.15) is 17.4 Å². The van der Waals surface area contributed by atoms with Gasteiger partial charge in [0.05, 0.1) is 5.52 Å². The van der Waals surface area contributed by atoms with Gasteiger partial charge in [0, 0.05) is 21.8 Å². The number of nitrogens with zero attached hydrogens (tertiary/aromatic N) is 1. The smallest absolute Gasteiger partial charge is 0.257 e. The molecule has 0 aliphatic carbocycles. The van der Waals surface area contributed by atoms with Crippen molar-refractivity contribution in [3.05, 3.63) is 58.7 Å². The molecule has 3 aromatic rings. The van der Waals surface area contributed by atoms with Crippen LogP contribution in [0.2, 0.25) is 5.02 Å². The van der Waals surface area contributed by atoms with Crippen molar-refractivity contribution in [2.45, 2.75) is 13.0 Å². The lowest BCUT2D eigenvalue weighted by Gasteiger charge is -2.12. The third-order valence-corrected chi connectivity index (χ3v) is 3.66. The zero-order valence-corrected chi connectivity index (χ0v) is 12.6. The summed E-state index contributed by atoms with van der Waals surface area (Å²) in [6.07, 6.45) is -1.28. The summed E-state index contributed by atoms with van der Waals surface area (Å²) in [6, 6.07) is 12.0. The fraction of sp³-hybridized carbons (Fsp3) is 0.125. The van der Waals surface area contributed by atoms with Crippen LogP contribution in [0, 0.1) is 6.92 Å². The van der Waals surface area contributed by atoms with Crippen LogP contribution in [-0.4, -0.2) is 21.2 Å². The predicted octanol–water partition coefficient (Wildman–Crippen LogP) is 3.20. The number of benzene rings is 2. The number of carbonyl (C=O) groups is 1. The quantitative estimate of drug-likeness (QED) is 0.694. The van der Waals surface area contributed by atoms with Gasteiger partial charge in [-0.05, 0) is 42.8 Å². The lowest BCUT2D eigenvalue weighted by Crippen LogP contribution is -2.20. The molecule has 0 bridgehead atoms. The molecule has 6 heteroatoms. The molecule has 1 heterocycles. The maximum Gasteiger partial charge on any atom is 0.257 e. The van der Waals surface area contributed by atoms with Gasteiger partial charge in [0.25, 0.3) is 5.91 Å².